The Morgan fingerprint density at radius 2 is 2.00 bits per heavy atom. The molecule has 1 rings (SSSR count). The Morgan fingerprint density at radius 3 is 2.50 bits per heavy atom. The molecule has 4 nitrogen and oxygen atoms in total. The molecule has 0 aromatic heterocycles. The standard InChI is InChI=1S/C9H12BrNO3/c10-6-3-5(7(11)1-2-12)4-8(13)9(6)14/h3-4,7,12-14H,1-2,11H2/t7-/m1/s1. The minimum atomic E-state index is -0.345. The molecule has 0 aliphatic carbocycles. The maximum atomic E-state index is 9.30. The van der Waals surface area contributed by atoms with E-state index in [9.17, 15) is 10.2 Å². The lowest BCUT2D eigenvalue weighted by molar-refractivity contribution is 0.276. The Bertz CT molecular complexity index is 307. The highest BCUT2D eigenvalue weighted by molar-refractivity contribution is 9.10. The van der Waals surface area contributed by atoms with Crippen LogP contribution >= 0.6 is 15.9 Å². The number of benzene rings is 1. The van der Waals surface area contributed by atoms with Gasteiger partial charge in [-0.15, -0.1) is 0 Å². The van der Waals surface area contributed by atoms with Gasteiger partial charge in [-0.05, 0) is 40.0 Å². The summed E-state index contributed by atoms with van der Waals surface area (Å²) >= 11 is 3.09. The Kier molecular flexibility index (Phi) is 3.74. The highest BCUT2D eigenvalue weighted by Gasteiger charge is 2.11. The third-order valence-electron chi connectivity index (χ3n) is 1.93. The lowest BCUT2D eigenvalue weighted by Crippen LogP contribution is -2.11. The Labute approximate surface area is 90.1 Å². The highest BCUT2D eigenvalue weighted by atomic mass is 79.9. The van der Waals surface area contributed by atoms with Crippen molar-refractivity contribution in [3.05, 3.63) is 22.2 Å². The van der Waals surface area contributed by atoms with Gasteiger partial charge in [0.15, 0.2) is 11.5 Å². The molecule has 5 N–H and O–H groups in total. The van der Waals surface area contributed by atoms with Crippen molar-refractivity contribution in [1.29, 1.82) is 0 Å². The molecule has 0 spiro atoms. The number of aromatic hydroxyl groups is 2. The van der Waals surface area contributed by atoms with Gasteiger partial charge in [0, 0.05) is 12.6 Å². The molecule has 0 unspecified atom stereocenters. The molecule has 0 aliphatic rings. The molecule has 5 heteroatoms. The number of halogens is 1. The van der Waals surface area contributed by atoms with Gasteiger partial charge in [-0.2, -0.15) is 0 Å². The second kappa shape index (κ2) is 4.63. The zero-order chi connectivity index (χ0) is 10.7. The van der Waals surface area contributed by atoms with Crippen molar-refractivity contribution < 1.29 is 15.3 Å². The lowest BCUT2D eigenvalue weighted by atomic mass is 10.0. The summed E-state index contributed by atoms with van der Waals surface area (Å²) in [7, 11) is 0. The maximum absolute atomic E-state index is 9.30. The second-order valence-electron chi connectivity index (χ2n) is 2.99. The van der Waals surface area contributed by atoms with Crippen LogP contribution in [0.1, 0.15) is 18.0 Å². The first kappa shape index (κ1) is 11.3. The first-order chi connectivity index (χ1) is 6.56. The van der Waals surface area contributed by atoms with Crippen LogP contribution in [-0.4, -0.2) is 21.9 Å². The monoisotopic (exact) mass is 261 g/mol. The molecule has 1 atom stereocenters. The molecular formula is C9H12BrNO3. The van der Waals surface area contributed by atoms with E-state index in [4.69, 9.17) is 10.8 Å². The van der Waals surface area contributed by atoms with Gasteiger partial charge in [-0.1, -0.05) is 0 Å². The number of nitrogens with two attached hydrogens (primary N) is 1. The zero-order valence-electron chi connectivity index (χ0n) is 7.44. The summed E-state index contributed by atoms with van der Waals surface area (Å²) in [4.78, 5) is 0. The fourth-order valence-electron chi connectivity index (χ4n) is 1.12. The van der Waals surface area contributed by atoms with Crippen molar-refractivity contribution in [3.8, 4) is 11.5 Å². The van der Waals surface area contributed by atoms with Crippen LogP contribution in [0.15, 0.2) is 16.6 Å². The molecule has 0 bridgehead atoms. The van der Waals surface area contributed by atoms with E-state index >= 15 is 0 Å². The summed E-state index contributed by atoms with van der Waals surface area (Å²) in [5.74, 6) is -0.423. The van der Waals surface area contributed by atoms with E-state index < -0.39 is 0 Å². The van der Waals surface area contributed by atoms with Gasteiger partial charge < -0.3 is 21.1 Å². The highest BCUT2D eigenvalue weighted by Crippen LogP contribution is 2.36. The van der Waals surface area contributed by atoms with Crippen LogP contribution in [-0.2, 0) is 0 Å². The minimum Gasteiger partial charge on any atom is -0.504 e. The molecule has 0 aliphatic heterocycles. The maximum Gasteiger partial charge on any atom is 0.171 e. The number of phenols is 2. The van der Waals surface area contributed by atoms with E-state index in [0.717, 1.165) is 0 Å². The van der Waals surface area contributed by atoms with Crippen LogP contribution in [0, 0.1) is 0 Å². The smallest absolute Gasteiger partial charge is 0.171 e. The third kappa shape index (κ3) is 2.37. The lowest BCUT2D eigenvalue weighted by Gasteiger charge is -2.12. The van der Waals surface area contributed by atoms with Crippen LogP contribution in [0.3, 0.4) is 0 Å². The average molecular weight is 262 g/mol. The van der Waals surface area contributed by atoms with Crippen LogP contribution in [0.25, 0.3) is 0 Å². The Morgan fingerprint density at radius 1 is 1.36 bits per heavy atom. The molecule has 1 aromatic carbocycles. The minimum absolute atomic E-state index is 0.0135. The molecule has 78 valence electrons. The number of rotatable bonds is 3. The number of hydrogen-bond acceptors (Lipinski definition) is 4. The van der Waals surface area contributed by atoms with Crippen molar-refractivity contribution in [3.63, 3.8) is 0 Å². The van der Waals surface area contributed by atoms with Crippen molar-refractivity contribution >= 4 is 15.9 Å². The summed E-state index contributed by atoms with van der Waals surface area (Å²) in [5.41, 5.74) is 6.39. The van der Waals surface area contributed by atoms with E-state index in [0.29, 0.717) is 16.5 Å². The summed E-state index contributed by atoms with van der Waals surface area (Å²) < 4.78 is 0.390. The summed E-state index contributed by atoms with van der Waals surface area (Å²) in [5, 5.41) is 27.2. The van der Waals surface area contributed by atoms with Gasteiger partial charge in [0.1, 0.15) is 0 Å². The molecule has 14 heavy (non-hydrogen) atoms. The Hall–Kier alpha value is -0.780. The fourth-order valence-corrected chi connectivity index (χ4v) is 1.59. The molecule has 0 fully saturated rings. The van der Waals surface area contributed by atoms with Crippen molar-refractivity contribution in [2.75, 3.05) is 6.61 Å². The third-order valence-corrected chi connectivity index (χ3v) is 2.54. The predicted octanol–water partition coefficient (Wildman–Crippen LogP) is 1.24. The Balaban J connectivity index is 3.00. The first-order valence-electron chi connectivity index (χ1n) is 4.14. The number of phenolic OH excluding ortho intramolecular Hbond substituents is 2. The summed E-state index contributed by atoms with van der Waals surface area (Å²) in [6.07, 6.45) is 0.413. The molecule has 0 saturated heterocycles. The molecule has 0 heterocycles. The van der Waals surface area contributed by atoms with Gasteiger partial charge in [-0.3, -0.25) is 0 Å². The van der Waals surface area contributed by atoms with Crippen molar-refractivity contribution in [1.82, 2.24) is 0 Å². The van der Waals surface area contributed by atoms with Gasteiger partial charge in [0.25, 0.3) is 0 Å². The van der Waals surface area contributed by atoms with E-state index in [1.165, 1.54) is 6.07 Å². The van der Waals surface area contributed by atoms with Crippen LogP contribution in [0.2, 0.25) is 0 Å². The van der Waals surface area contributed by atoms with E-state index in [2.05, 4.69) is 15.9 Å². The van der Waals surface area contributed by atoms with Crippen molar-refractivity contribution in [2.45, 2.75) is 12.5 Å². The summed E-state index contributed by atoms with van der Waals surface area (Å²) in [6.45, 7) is -0.0135. The predicted molar refractivity (Wildman–Crippen MR) is 56.1 cm³/mol. The van der Waals surface area contributed by atoms with Gasteiger partial charge in [0.05, 0.1) is 4.47 Å². The van der Waals surface area contributed by atoms with E-state index in [1.54, 1.807) is 6.07 Å². The second-order valence-corrected chi connectivity index (χ2v) is 3.84. The van der Waals surface area contributed by atoms with Gasteiger partial charge >= 0.3 is 0 Å². The van der Waals surface area contributed by atoms with Gasteiger partial charge in [-0.25, -0.2) is 0 Å². The molecule has 0 amide bonds. The number of hydrogen-bond donors (Lipinski definition) is 4. The van der Waals surface area contributed by atoms with Gasteiger partial charge in [0.2, 0.25) is 0 Å². The quantitative estimate of drug-likeness (QED) is 0.617. The topological polar surface area (TPSA) is 86.7 Å². The number of aliphatic hydroxyl groups excluding tert-OH is 1. The summed E-state index contributed by atoms with van der Waals surface area (Å²) in [6, 6.07) is 2.67. The SMILES string of the molecule is N[C@H](CCO)c1cc(O)c(O)c(Br)c1. The average Bonchev–Trinajstić information content (AvgIpc) is 2.13. The molecule has 1 aromatic rings. The molecular weight excluding hydrogens is 250 g/mol. The first-order valence-corrected chi connectivity index (χ1v) is 4.93. The molecule has 0 radical (unpaired) electrons. The fraction of sp³-hybridized carbons (Fsp3) is 0.333. The van der Waals surface area contributed by atoms with Crippen LogP contribution < -0.4 is 5.73 Å². The van der Waals surface area contributed by atoms with Crippen LogP contribution in [0.5, 0.6) is 11.5 Å². The zero-order valence-corrected chi connectivity index (χ0v) is 9.03. The van der Waals surface area contributed by atoms with Crippen molar-refractivity contribution in [2.24, 2.45) is 5.73 Å². The largest absolute Gasteiger partial charge is 0.504 e. The van der Waals surface area contributed by atoms with E-state index in [1.807, 2.05) is 0 Å². The van der Waals surface area contributed by atoms with E-state index in [-0.39, 0.29) is 24.1 Å². The normalized spacial score (nSPS) is 12.8. The van der Waals surface area contributed by atoms with Crippen LogP contribution in [0.4, 0.5) is 0 Å². The molecule has 0 saturated carbocycles. The number of aliphatic hydroxyl groups is 1.